The van der Waals surface area contributed by atoms with E-state index >= 15 is 0 Å². The number of carbonyl (C=O) groups excluding carboxylic acids is 1. The monoisotopic (exact) mass is 490 g/mol. The Morgan fingerprint density at radius 3 is 2.85 bits per heavy atom. The van der Waals surface area contributed by atoms with Crippen LogP contribution in [0.25, 0.3) is 0 Å². The molecule has 1 saturated heterocycles. The second-order valence-corrected chi connectivity index (χ2v) is 7.06. The van der Waals surface area contributed by atoms with E-state index < -0.39 is 0 Å². The van der Waals surface area contributed by atoms with E-state index in [4.69, 9.17) is 0 Å². The molecule has 0 spiro atoms. The number of rotatable bonds is 7. The van der Waals surface area contributed by atoms with Gasteiger partial charge in [-0.2, -0.15) is 0 Å². The molecule has 1 amide bonds. The van der Waals surface area contributed by atoms with E-state index in [-0.39, 0.29) is 47.7 Å². The summed E-state index contributed by atoms with van der Waals surface area (Å²) in [5.41, 5.74) is 0.997. The lowest BCUT2D eigenvalue weighted by molar-refractivity contribution is -0.133. The molecule has 1 unspecified atom stereocenters. The molecular weight excluding hydrogens is 458 g/mol. The Balaban J connectivity index is 0.00000364. The Morgan fingerprint density at radius 1 is 1.41 bits per heavy atom. The maximum Gasteiger partial charge on any atom is 0.225 e. The zero-order chi connectivity index (χ0) is 18.9. The van der Waals surface area contributed by atoms with E-state index in [1.165, 1.54) is 6.07 Å². The first kappa shape index (κ1) is 23.7. The topological polar surface area (TPSA) is 56.7 Å². The summed E-state index contributed by atoms with van der Waals surface area (Å²) in [6, 6.07) is 6.95. The molecule has 5 nitrogen and oxygen atoms in total. The van der Waals surface area contributed by atoms with Crippen LogP contribution in [0.15, 0.2) is 29.3 Å². The van der Waals surface area contributed by atoms with Crippen molar-refractivity contribution in [3.05, 3.63) is 35.6 Å². The SMILES string of the molecule is CCNC(=NCCCc1cccc(F)c1)NC1CCN(C(=O)C(C)C)C1.I. The molecule has 0 bridgehead atoms. The third-order valence-electron chi connectivity index (χ3n) is 4.46. The molecule has 1 atom stereocenters. The molecule has 1 aromatic carbocycles. The maximum atomic E-state index is 13.2. The highest BCUT2D eigenvalue weighted by Gasteiger charge is 2.27. The first-order valence-corrected chi connectivity index (χ1v) is 9.57. The molecule has 7 heteroatoms. The van der Waals surface area contributed by atoms with Crippen LogP contribution in [0, 0.1) is 11.7 Å². The number of benzene rings is 1. The molecular formula is C20H32FIN4O. The van der Waals surface area contributed by atoms with E-state index in [9.17, 15) is 9.18 Å². The number of guanidine groups is 1. The second kappa shape index (κ2) is 12.2. The van der Waals surface area contributed by atoms with E-state index in [2.05, 4.69) is 15.6 Å². The van der Waals surface area contributed by atoms with Crippen molar-refractivity contribution < 1.29 is 9.18 Å². The van der Waals surface area contributed by atoms with Crippen LogP contribution >= 0.6 is 24.0 Å². The maximum absolute atomic E-state index is 13.2. The van der Waals surface area contributed by atoms with Gasteiger partial charge in [-0.25, -0.2) is 4.39 Å². The van der Waals surface area contributed by atoms with Crippen molar-refractivity contribution in [1.82, 2.24) is 15.5 Å². The molecule has 0 aromatic heterocycles. The summed E-state index contributed by atoms with van der Waals surface area (Å²) in [4.78, 5) is 18.6. The average Bonchev–Trinajstić information content (AvgIpc) is 3.06. The zero-order valence-corrected chi connectivity index (χ0v) is 18.8. The number of aliphatic imine (C=N–C) groups is 1. The van der Waals surface area contributed by atoms with Gasteiger partial charge in [0.2, 0.25) is 5.91 Å². The molecule has 1 aliphatic rings. The summed E-state index contributed by atoms with van der Waals surface area (Å²) in [7, 11) is 0. The molecule has 2 rings (SSSR count). The highest BCUT2D eigenvalue weighted by molar-refractivity contribution is 14.0. The minimum atomic E-state index is -0.192. The number of aryl methyl sites for hydroxylation is 1. The third kappa shape index (κ3) is 8.02. The van der Waals surface area contributed by atoms with Crippen molar-refractivity contribution >= 4 is 35.8 Å². The van der Waals surface area contributed by atoms with Crippen molar-refractivity contribution in [2.24, 2.45) is 10.9 Å². The molecule has 0 radical (unpaired) electrons. The van der Waals surface area contributed by atoms with Crippen LogP contribution < -0.4 is 10.6 Å². The van der Waals surface area contributed by atoms with E-state index in [0.29, 0.717) is 6.54 Å². The Bertz CT molecular complexity index is 624. The van der Waals surface area contributed by atoms with E-state index in [1.54, 1.807) is 12.1 Å². The summed E-state index contributed by atoms with van der Waals surface area (Å²) in [6.45, 7) is 8.90. The van der Waals surface area contributed by atoms with E-state index in [1.807, 2.05) is 31.7 Å². The van der Waals surface area contributed by atoms with Crippen LogP contribution in [-0.2, 0) is 11.2 Å². The number of halogens is 2. The number of hydrogen-bond donors (Lipinski definition) is 2. The van der Waals surface area contributed by atoms with Crippen molar-refractivity contribution in [3.8, 4) is 0 Å². The zero-order valence-electron chi connectivity index (χ0n) is 16.5. The quantitative estimate of drug-likeness (QED) is 0.267. The van der Waals surface area contributed by atoms with Gasteiger partial charge in [0.25, 0.3) is 0 Å². The van der Waals surface area contributed by atoms with Crippen molar-refractivity contribution in [1.29, 1.82) is 0 Å². The summed E-state index contributed by atoms with van der Waals surface area (Å²) < 4.78 is 13.2. The Morgan fingerprint density at radius 2 is 2.19 bits per heavy atom. The summed E-state index contributed by atoms with van der Waals surface area (Å²) in [5.74, 6) is 0.850. The van der Waals surface area contributed by atoms with Crippen LogP contribution in [0.1, 0.15) is 39.2 Å². The van der Waals surface area contributed by atoms with Gasteiger partial charge in [-0.05, 0) is 43.9 Å². The van der Waals surface area contributed by atoms with Crippen LogP contribution in [0.4, 0.5) is 4.39 Å². The van der Waals surface area contributed by atoms with Gasteiger partial charge in [0, 0.05) is 38.1 Å². The Hall–Kier alpha value is -1.38. The van der Waals surface area contributed by atoms with Crippen LogP contribution in [0.3, 0.4) is 0 Å². The average molecular weight is 490 g/mol. The normalized spacial score (nSPS) is 17.0. The molecule has 152 valence electrons. The van der Waals surface area contributed by atoms with Gasteiger partial charge >= 0.3 is 0 Å². The van der Waals surface area contributed by atoms with Crippen molar-refractivity contribution in [2.45, 2.75) is 46.1 Å². The lowest BCUT2D eigenvalue weighted by Crippen LogP contribution is -2.45. The fourth-order valence-corrected chi connectivity index (χ4v) is 3.12. The number of carbonyl (C=O) groups is 1. The molecule has 1 aliphatic heterocycles. The Kier molecular flexibility index (Phi) is 10.6. The molecule has 2 N–H and O–H groups in total. The predicted octanol–water partition coefficient (Wildman–Crippen LogP) is 3.19. The van der Waals surface area contributed by atoms with Gasteiger partial charge in [0.05, 0.1) is 0 Å². The van der Waals surface area contributed by atoms with Gasteiger partial charge in [-0.15, -0.1) is 24.0 Å². The van der Waals surface area contributed by atoms with Gasteiger partial charge in [0.1, 0.15) is 5.82 Å². The highest BCUT2D eigenvalue weighted by Crippen LogP contribution is 2.12. The minimum absolute atomic E-state index is 0. The molecule has 1 aromatic rings. The predicted molar refractivity (Wildman–Crippen MR) is 119 cm³/mol. The molecule has 0 aliphatic carbocycles. The summed E-state index contributed by atoms with van der Waals surface area (Å²) >= 11 is 0. The van der Waals surface area contributed by atoms with Gasteiger partial charge < -0.3 is 15.5 Å². The largest absolute Gasteiger partial charge is 0.357 e. The molecule has 0 saturated carbocycles. The van der Waals surface area contributed by atoms with Crippen LogP contribution in [0.5, 0.6) is 0 Å². The number of nitrogens with zero attached hydrogens (tertiary/aromatic N) is 2. The smallest absolute Gasteiger partial charge is 0.225 e. The lowest BCUT2D eigenvalue weighted by atomic mass is 10.1. The number of nitrogens with one attached hydrogen (secondary N) is 2. The first-order valence-electron chi connectivity index (χ1n) is 9.57. The van der Waals surface area contributed by atoms with Gasteiger partial charge in [-0.3, -0.25) is 9.79 Å². The number of hydrogen-bond acceptors (Lipinski definition) is 2. The molecule has 27 heavy (non-hydrogen) atoms. The van der Waals surface area contributed by atoms with E-state index in [0.717, 1.165) is 50.4 Å². The summed E-state index contributed by atoms with van der Waals surface area (Å²) in [6.07, 6.45) is 2.61. The molecule has 1 fully saturated rings. The van der Waals surface area contributed by atoms with Gasteiger partial charge in [-0.1, -0.05) is 26.0 Å². The van der Waals surface area contributed by atoms with Gasteiger partial charge in [0.15, 0.2) is 5.96 Å². The van der Waals surface area contributed by atoms with Crippen LogP contribution in [0.2, 0.25) is 0 Å². The fourth-order valence-electron chi connectivity index (χ4n) is 3.12. The summed E-state index contributed by atoms with van der Waals surface area (Å²) in [5, 5.41) is 6.69. The first-order chi connectivity index (χ1) is 12.5. The van der Waals surface area contributed by atoms with Crippen LogP contribution in [-0.4, -0.2) is 49.0 Å². The second-order valence-electron chi connectivity index (χ2n) is 7.06. The standard InChI is InChI=1S/C20H31FN4O.HI/c1-4-22-20(23-11-6-8-16-7-5-9-17(21)13-16)24-18-10-12-25(14-18)19(26)15(2)3;/h5,7,9,13,15,18H,4,6,8,10-12,14H2,1-3H3,(H2,22,23,24);1H. The fraction of sp³-hybridized carbons (Fsp3) is 0.600. The van der Waals surface area contributed by atoms with Crippen molar-refractivity contribution in [2.75, 3.05) is 26.2 Å². The number of amides is 1. The van der Waals surface area contributed by atoms with Crippen molar-refractivity contribution in [3.63, 3.8) is 0 Å². The molecule has 1 heterocycles. The lowest BCUT2D eigenvalue weighted by Gasteiger charge is -2.20. The number of likely N-dealkylation sites (tertiary alicyclic amines) is 1. The highest BCUT2D eigenvalue weighted by atomic mass is 127. The third-order valence-corrected chi connectivity index (χ3v) is 4.46. The minimum Gasteiger partial charge on any atom is -0.357 e. The Labute approximate surface area is 179 Å².